The number of aromatic amines is 1. The SMILES string of the molecule is CCN1C=Cc2c([nH]c3ccccc23)C(CO)=C1. The van der Waals surface area contributed by atoms with Gasteiger partial charge in [-0.3, -0.25) is 0 Å². The lowest BCUT2D eigenvalue weighted by Crippen LogP contribution is -2.08. The Bertz CT molecular complexity index is 637. The number of nitrogens with one attached hydrogen (secondary N) is 1. The molecule has 0 unspecified atom stereocenters. The van der Waals surface area contributed by atoms with E-state index in [1.54, 1.807) is 0 Å². The third-order valence-corrected chi connectivity index (χ3v) is 3.36. The van der Waals surface area contributed by atoms with Gasteiger partial charge in [-0.2, -0.15) is 0 Å². The Hall–Kier alpha value is -2.00. The molecular formula is C15H16N2O. The minimum absolute atomic E-state index is 0.0397. The molecule has 92 valence electrons. The van der Waals surface area contributed by atoms with Crippen molar-refractivity contribution in [3.63, 3.8) is 0 Å². The molecule has 0 radical (unpaired) electrons. The highest BCUT2D eigenvalue weighted by molar-refractivity contribution is 5.95. The monoisotopic (exact) mass is 240 g/mol. The van der Waals surface area contributed by atoms with E-state index in [1.165, 1.54) is 5.39 Å². The molecule has 1 aliphatic heterocycles. The molecule has 3 heteroatoms. The van der Waals surface area contributed by atoms with Crippen LogP contribution in [0.1, 0.15) is 18.2 Å². The Labute approximate surface area is 106 Å². The average molecular weight is 240 g/mol. The summed E-state index contributed by atoms with van der Waals surface area (Å²) in [6.07, 6.45) is 6.16. The number of para-hydroxylation sites is 1. The summed E-state index contributed by atoms with van der Waals surface area (Å²) in [5, 5.41) is 10.8. The van der Waals surface area contributed by atoms with Crippen LogP contribution in [-0.2, 0) is 0 Å². The molecule has 18 heavy (non-hydrogen) atoms. The fourth-order valence-corrected chi connectivity index (χ4v) is 2.38. The van der Waals surface area contributed by atoms with Gasteiger partial charge in [0.25, 0.3) is 0 Å². The van der Waals surface area contributed by atoms with Crippen LogP contribution in [0.15, 0.2) is 36.7 Å². The number of aromatic nitrogens is 1. The van der Waals surface area contributed by atoms with E-state index in [4.69, 9.17) is 0 Å². The lowest BCUT2D eigenvalue weighted by Gasteiger charge is -2.12. The second kappa shape index (κ2) is 4.35. The lowest BCUT2D eigenvalue weighted by molar-refractivity contribution is 0.348. The number of aliphatic hydroxyl groups is 1. The molecule has 0 fully saturated rings. The minimum Gasteiger partial charge on any atom is -0.392 e. The van der Waals surface area contributed by atoms with E-state index in [0.29, 0.717) is 0 Å². The predicted molar refractivity (Wildman–Crippen MR) is 74.8 cm³/mol. The van der Waals surface area contributed by atoms with Gasteiger partial charge in [0.15, 0.2) is 0 Å². The summed E-state index contributed by atoms with van der Waals surface area (Å²) in [6.45, 7) is 3.02. The van der Waals surface area contributed by atoms with Gasteiger partial charge >= 0.3 is 0 Å². The van der Waals surface area contributed by atoms with Gasteiger partial charge in [-0.05, 0) is 19.1 Å². The van der Waals surface area contributed by atoms with Crippen LogP contribution in [0.5, 0.6) is 0 Å². The fourth-order valence-electron chi connectivity index (χ4n) is 2.38. The molecule has 0 atom stereocenters. The first-order valence-electron chi connectivity index (χ1n) is 6.20. The van der Waals surface area contributed by atoms with Crippen LogP contribution >= 0.6 is 0 Å². The Balaban J connectivity index is 2.25. The number of rotatable bonds is 2. The average Bonchev–Trinajstić information content (AvgIpc) is 2.68. The smallest absolute Gasteiger partial charge is 0.0716 e. The number of H-pyrrole nitrogens is 1. The summed E-state index contributed by atoms with van der Waals surface area (Å²) in [7, 11) is 0. The minimum atomic E-state index is 0.0397. The molecule has 2 N–H and O–H groups in total. The molecule has 0 aliphatic carbocycles. The molecule has 2 heterocycles. The van der Waals surface area contributed by atoms with Gasteiger partial charge < -0.3 is 15.0 Å². The molecule has 3 nitrogen and oxygen atoms in total. The van der Waals surface area contributed by atoms with E-state index in [0.717, 1.165) is 28.9 Å². The third-order valence-electron chi connectivity index (χ3n) is 3.36. The van der Waals surface area contributed by atoms with Gasteiger partial charge in [0.1, 0.15) is 0 Å². The maximum atomic E-state index is 9.56. The Morgan fingerprint density at radius 3 is 2.89 bits per heavy atom. The highest BCUT2D eigenvalue weighted by Crippen LogP contribution is 2.30. The number of benzene rings is 1. The summed E-state index contributed by atoms with van der Waals surface area (Å²) < 4.78 is 0. The van der Waals surface area contributed by atoms with Crippen molar-refractivity contribution < 1.29 is 5.11 Å². The third kappa shape index (κ3) is 1.64. The van der Waals surface area contributed by atoms with Crippen molar-refractivity contribution >= 4 is 22.6 Å². The van der Waals surface area contributed by atoms with Crippen molar-refractivity contribution in [3.8, 4) is 0 Å². The zero-order valence-corrected chi connectivity index (χ0v) is 10.4. The summed E-state index contributed by atoms with van der Waals surface area (Å²) in [6, 6.07) is 8.22. The molecule has 2 aromatic rings. The second-order valence-corrected chi connectivity index (χ2v) is 4.42. The number of nitrogens with zero attached hydrogens (tertiary/aromatic N) is 1. The maximum absolute atomic E-state index is 9.56. The highest BCUT2D eigenvalue weighted by atomic mass is 16.3. The van der Waals surface area contributed by atoms with Crippen molar-refractivity contribution in [3.05, 3.63) is 47.9 Å². The highest BCUT2D eigenvalue weighted by Gasteiger charge is 2.15. The van der Waals surface area contributed by atoms with Crippen LogP contribution in [0.25, 0.3) is 22.6 Å². The van der Waals surface area contributed by atoms with Crippen LogP contribution in [0.4, 0.5) is 0 Å². The fraction of sp³-hybridized carbons (Fsp3) is 0.200. The molecule has 1 aromatic heterocycles. The van der Waals surface area contributed by atoms with Crippen LogP contribution in [0.2, 0.25) is 0 Å². The van der Waals surface area contributed by atoms with Crippen molar-refractivity contribution in [1.82, 2.24) is 9.88 Å². The Morgan fingerprint density at radius 2 is 2.11 bits per heavy atom. The molecule has 3 rings (SSSR count). The molecule has 0 saturated carbocycles. The standard InChI is InChI=1S/C15H16N2O/c1-2-17-8-7-13-12-5-3-4-6-14(12)16-15(13)11(9-17)10-18/h3-9,16,18H,2,10H2,1H3. The van der Waals surface area contributed by atoms with E-state index in [2.05, 4.69) is 41.2 Å². The van der Waals surface area contributed by atoms with Crippen LogP contribution in [-0.4, -0.2) is 28.1 Å². The molecule has 1 aromatic carbocycles. The van der Waals surface area contributed by atoms with Crippen molar-refractivity contribution in [1.29, 1.82) is 0 Å². The quantitative estimate of drug-likeness (QED) is 0.847. The number of hydrogen-bond donors (Lipinski definition) is 2. The number of hydrogen-bond acceptors (Lipinski definition) is 2. The van der Waals surface area contributed by atoms with Crippen molar-refractivity contribution in [2.75, 3.05) is 13.2 Å². The summed E-state index contributed by atoms with van der Waals surface area (Å²) in [5.41, 5.74) is 4.21. The largest absolute Gasteiger partial charge is 0.392 e. The van der Waals surface area contributed by atoms with Gasteiger partial charge in [0, 0.05) is 41.0 Å². The first-order chi connectivity index (χ1) is 8.83. The Kier molecular flexibility index (Phi) is 2.68. The van der Waals surface area contributed by atoms with E-state index in [-0.39, 0.29) is 6.61 Å². The Morgan fingerprint density at radius 1 is 1.28 bits per heavy atom. The van der Waals surface area contributed by atoms with E-state index in [9.17, 15) is 5.11 Å². The van der Waals surface area contributed by atoms with E-state index in [1.807, 2.05) is 18.3 Å². The second-order valence-electron chi connectivity index (χ2n) is 4.42. The zero-order valence-electron chi connectivity index (χ0n) is 10.4. The lowest BCUT2D eigenvalue weighted by atomic mass is 10.1. The topological polar surface area (TPSA) is 39.3 Å². The normalized spacial score (nSPS) is 14.6. The van der Waals surface area contributed by atoms with Gasteiger partial charge in [-0.1, -0.05) is 18.2 Å². The van der Waals surface area contributed by atoms with Crippen molar-refractivity contribution in [2.24, 2.45) is 0 Å². The van der Waals surface area contributed by atoms with Gasteiger partial charge in [0.2, 0.25) is 0 Å². The summed E-state index contributed by atoms with van der Waals surface area (Å²) in [4.78, 5) is 5.47. The first kappa shape index (κ1) is 11.1. The van der Waals surface area contributed by atoms with Gasteiger partial charge in [-0.25, -0.2) is 0 Å². The predicted octanol–water partition coefficient (Wildman–Crippen LogP) is 2.81. The molecule has 0 bridgehead atoms. The van der Waals surface area contributed by atoms with E-state index >= 15 is 0 Å². The molecule has 0 spiro atoms. The maximum Gasteiger partial charge on any atom is 0.0716 e. The van der Waals surface area contributed by atoms with Crippen molar-refractivity contribution in [2.45, 2.75) is 6.92 Å². The van der Waals surface area contributed by atoms with Crippen LogP contribution in [0, 0.1) is 0 Å². The van der Waals surface area contributed by atoms with Gasteiger partial charge in [0.05, 0.1) is 12.3 Å². The molecular weight excluding hydrogens is 224 g/mol. The summed E-state index contributed by atoms with van der Waals surface area (Å²) >= 11 is 0. The van der Waals surface area contributed by atoms with Crippen LogP contribution < -0.4 is 0 Å². The number of aliphatic hydroxyl groups excluding tert-OH is 1. The zero-order chi connectivity index (χ0) is 12.5. The van der Waals surface area contributed by atoms with Gasteiger partial charge in [-0.15, -0.1) is 0 Å². The molecule has 0 saturated heterocycles. The number of fused-ring (bicyclic) bond motifs is 3. The van der Waals surface area contributed by atoms with E-state index < -0.39 is 0 Å². The first-order valence-corrected chi connectivity index (χ1v) is 6.20. The summed E-state index contributed by atoms with van der Waals surface area (Å²) in [5.74, 6) is 0. The molecule has 1 aliphatic rings. The molecule has 0 amide bonds. The van der Waals surface area contributed by atoms with Crippen LogP contribution in [0.3, 0.4) is 0 Å².